The number of aromatic nitrogens is 2. The Labute approximate surface area is 145 Å². The van der Waals surface area contributed by atoms with E-state index in [4.69, 9.17) is 9.26 Å². The van der Waals surface area contributed by atoms with E-state index in [0.29, 0.717) is 29.6 Å². The molecule has 6 heteroatoms. The van der Waals surface area contributed by atoms with Gasteiger partial charge >= 0.3 is 0 Å². The summed E-state index contributed by atoms with van der Waals surface area (Å²) in [5.41, 5.74) is 2.69. The number of anilines is 1. The number of methoxy groups -OCH3 is 1. The summed E-state index contributed by atoms with van der Waals surface area (Å²) in [7, 11) is 1.59. The SMILES string of the molecule is COc1cccc(NC(=O)CCc2nc(-c3ccccc3C)no2)c1. The fourth-order valence-corrected chi connectivity index (χ4v) is 2.43. The molecule has 0 radical (unpaired) electrons. The van der Waals surface area contributed by atoms with Crippen LogP contribution in [0.3, 0.4) is 0 Å². The summed E-state index contributed by atoms with van der Waals surface area (Å²) in [5, 5.41) is 6.82. The van der Waals surface area contributed by atoms with Gasteiger partial charge in [0.05, 0.1) is 7.11 Å². The van der Waals surface area contributed by atoms with Crippen LogP contribution in [0.25, 0.3) is 11.4 Å². The number of amides is 1. The highest BCUT2D eigenvalue weighted by molar-refractivity contribution is 5.90. The van der Waals surface area contributed by atoms with Gasteiger partial charge in [0, 0.05) is 30.2 Å². The van der Waals surface area contributed by atoms with E-state index in [0.717, 1.165) is 11.1 Å². The van der Waals surface area contributed by atoms with E-state index in [1.165, 1.54) is 0 Å². The third-order valence-corrected chi connectivity index (χ3v) is 3.77. The standard InChI is InChI=1S/C19H19N3O3/c1-13-6-3-4-9-16(13)19-21-18(25-22-19)11-10-17(23)20-14-7-5-8-15(12-14)24-2/h3-9,12H,10-11H2,1-2H3,(H,20,23). The van der Waals surface area contributed by atoms with E-state index in [1.54, 1.807) is 13.2 Å². The first-order valence-electron chi connectivity index (χ1n) is 7.98. The molecule has 0 saturated heterocycles. The van der Waals surface area contributed by atoms with Gasteiger partial charge in [0.2, 0.25) is 17.6 Å². The van der Waals surface area contributed by atoms with Gasteiger partial charge in [-0.3, -0.25) is 4.79 Å². The van der Waals surface area contributed by atoms with Crippen LogP contribution < -0.4 is 10.1 Å². The zero-order chi connectivity index (χ0) is 17.6. The van der Waals surface area contributed by atoms with Crippen molar-refractivity contribution in [3.8, 4) is 17.1 Å². The molecule has 0 unspecified atom stereocenters. The van der Waals surface area contributed by atoms with Crippen LogP contribution >= 0.6 is 0 Å². The number of rotatable bonds is 6. The number of carbonyl (C=O) groups is 1. The first-order chi connectivity index (χ1) is 12.2. The van der Waals surface area contributed by atoms with Gasteiger partial charge in [-0.15, -0.1) is 0 Å². The van der Waals surface area contributed by atoms with Crippen LogP contribution in [0.2, 0.25) is 0 Å². The molecule has 0 spiro atoms. The summed E-state index contributed by atoms with van der Waals surface area (Å²) in [6, 6.07) is 15.0. The molecule has 3 rings (SSSR count). The van der Waals surface area contributed by atoms with Crippen molar-refractivity contribution in [2.45, 2.75) is 19.8 Å². The van der Waals surface area contributed by atoms with Crippen LogP contribution in [0, 0.1) is 6.92 Å². The van der Waals surface area contributed by atoms with Crippen molar-refractivity contribution in [3.05, 3.63) is 60.0 Å². The Bertz CT molecular complexity index is 874. The highest BCUT2D eigenvalue weighted by atomic mass is 16.5. The molecule has 0 atom stereocenters. The van der Waals surface area contributed by atoms with Crippen molar-refractivity contribution in [2.24, 2.45) is 0 Å². The lowest BCUT2D eigenvalue weighted by molar-refractivity contribution is -0.116. The van der Waals surface area contributed by atoms with Crippen LogP contribution in [0.4, 0.5) is 5.69 Å². The number of aryl methyl sites for hydroxylation is 2. The van der Waals surface area contributed by atoms with Crippen molar-refractivity contribution in [1.82, 2.24) is 10.1 Å². The topological polar surface area (TPSA) is 77.2 Å². The van der Waals surface area contributed by atoms with Gasteiger partial charge < -0.3 is 14.6 Å². The largest absolute Gasteiger partial charge is 0.497 e. The maximum atomic E-state index is 12.1. The summed E-state index contributed by atoms with van der Waals surface area (Å²) >= 11 is 0. The molecule has 6 nitrogen and oxygen atoms in total. The third-order valence-electron chi connectivity index (χ3n) is 3.77. The average molecular weight is 337 g/mol. The fraction of sp³-hybridized carbons (Fsp3) is 0.211. The molecule has 1 N–H and O–H groups in total. The first-order valence-corrected chi connectivity index (χ1v) is 7.98. The zero-order valence-corrected chi connectivity index (χ0v) is 14.2. The Kier molecular flexibility index (Phi) is 5.09. The number of benzene rings is 2. The van der Waals surface area contributed by atoms with Gasteiger partial charge in [-0.25, -0.2) is 0 Å². The fourth-order valence-electron chi connectivity index (χ4n) is 2.43. The van der Waals surface area contributed by atoms with Gasteiger partial charge in [-0.1, -0.05) is 35.5 Å². The van der Waals surface area contributed by atoms with Gasteiger partial charge in [0.15, 0.2) is 0 Å². The van der Waals surface area contributed by atoms with E-state index in [9.17, 15) is 4.79 Å². The average Bonchev–Trinajstić information content (AvgIpc) is 3.09. The Morgan fingerprint density at radius 2 is 2.04 bits per heavy atom. The molecule has 1 heterocycles. The lowest BCUT2D eigenvalue weighted by Gasteiger charge is -2.06. The molecule has 0 aliphatic carbocycles. The molecule has 0 aliphatic rings. The third kappa shape index (κ3) is 4.23. The van der Waals surface area contributed by atoms with Crippen LogP contribution in [0.5, 0.6) is 5.75 Å². The van der Waals surface area contributed by atoms with Crippen molar-refractivity contribution in [1.29, 1.82) is 0 Å². The lowest BCUT2D eigenvalue weighted by Crippen LogP contribution is -2.12. The molecular formula is C19H19N3O3. The smallest absolute Gasteiger partial charge is 0.227 e. The minimum absolute atomic E-state index is 0.121. The van der Waals surface area contributed by atoms with E-state index < -0.39 is 0 Å². The van der Waals surface area contributed by atoms with E-state index in [-0.39, 0.29) is 12.3 Å². The van der Waals surface area contributed by atoms with E-state index in [1.807, 2.05) is 49.4 Å². The van der Waals surface area contributed by atoms with E-state index >= 15 is 0 Å². The molecule has 0 saturated carbocycles. The number of hydrogen-bond donors (Lipinski definition) is 1. The van der Waals surface area contributed by atoms with Gasteiger partial charge in [0.1, 0.15) is 5.75 Å². The Balaban J connectivity index is 1.58. The summed E-state index contributed by atoms with van der Waals surface area (Å²) < 4.78 is 10.4. The molecule has 1 amide bonds. The summed E-state index contributed by atoms with van der Waals surface area (Å²) in [6.07, 6.45) is 0.640. The molecule has 1 aromatic heterocycles. The maximum Gasteiger partial charge on any atom is 0.227 e. The Hall–Kier alpha value is -3.15. The predicted octanol–water partition coefficient (Wildman–Crippen LogP) is 3.62. The Morgan fingerprint density at radius 3 is 2.84 bits per heavy atom. The van der Waals surface area contributed by atoms with Crippen molar-refractivity contribution < 1.29 is 14.1 Å². The second-order valence-electron chi connectivity index (χ2n) is 5.61. The van der Waals surface area contributed by atoms with Crippen LogP contribution in [-0.4, -0.2) is 23.2 Å². The maximum absolute atomic E-state index is 12.1. The highest BCUT2D eigenvalue weighted by Gasteiger charge is 2.12. The van der Waals surface area contributed by atoms with Gasteiger partial charge in [-0.05, 0) is 24.6 Å². The summed E-state index contributed by atoms with van der Waals surface area (Å²) in [4.78, 5) is 16.4. The van der Waals surface area contributed by atoms with Gasteiger partial charge in [-0.2, -0.15) is 4.98 Å². The second-order valence-corrected chi connectivity index (χ2v) is 5.61. The summed E-state index contributed by atoms with van der Waals surface area (Å²) in [6.45, 7) is 1.99. The molecule has 2 aromatic carbocycles. The van der Waals surface area contributed by atoms with Crippen molar-refractivity contribution >= 4 is 11.6 Å². The van der Waals surface area contributed by atoms with Crippen LogP contribution in [-0.2, 0) is 11.2 Å². The lowest BCUT2D eigenvalue weighted by atomic mass is 10.1. The predicted molar refractivity (Wildman–Crippen MR) is 94.4 cm³/mol. The Morgan fingerprint density at radius 1 is 1.20 bits per heavy atom. The van der Waals surface area contributed by atoms with E-state index in [2.05, 4.69) is 15.5 Å². The normalized spacial score (nSPS) is 10.5. The number of hydrogen-bond acceptors (Lipinski definition) is 5. The highest BCUT2D eigenvalue weighted by Crippen LogP contribution is 2.20. The molecular weight excluding hydrogens is 318 g/mol. The van der Waals surface area contributed by atoms with Crippen LogP contribution in [0.1, 0.15) is 17.9 Å². The summed E-state index contributed by atoms with van der Waals surface area (Å²) in [5.74, 6) is 1.56. The molecule has 25 heavy (non-hydrogen) atoms. The molecule has 0 aliphatic heterocycles. The number of nitrogens with one attached hydrogen (secondary N) is 1. The first kappa shape index (κ1) is 16.7. The molecule has 0 bridgehead atoms. The van der Waals surface area contributed by atoms with Gasteiger partial charge in [0.25, 0.3) is 0 Å². The second kappa shape index (κ2) is 7.61. The quantitative estimate of drug-likeness (QED) is 0.743. The number of nitrogens with zero attached hydrogens (tertiary/aromatic N) is 2. The molecule has 3 aromatic rings. The number of carbonyl (C=O) groups excluding carboxylic acids is 1. The minimum atomic E-state index is -0.121. The number of ether oxygens (including phenoxy) is 1. The van der Waals surface area contributed by atoms with Crippen LogP contribution in [0.15, 0.2) is 53.1 Å². The molecule has 128 valence electrons. The zero-order valence-electron chi connectivity index (χ0n) is 14.2. The monoisotopic (exact) mass is 337 g/mol. The minimum Gasteiger partial charge on any atom is -0.497 e. The molecule has 0 fully saturated rings. The van der Waals surface area contributed by atoms with Crippen molar-refractivity contribution in [2.75, 3.05) is 12.4 Å². The van der Waals surface area contributed by atoms with Crippen molar-refractivity contribution in [3.63, 3.8) is 0 Å².